The molecule has 0 unspecified atom stereocenters. The van der Waals surface area contributed by atoms with Crippen LogP contribution in [-0.2, 0) is 14.3 Å². The van der Waals surface area contributed by atoms with Gasteiger partial charge in [0.1, 0.15) is 0 Å². The highest BCUT2D eigenvalue weighted by atomic mass is 35.5. The van der Waals surface area contributed by atoms with Gasteiger partial charge in [0.2, 0.25) is 5.91 Å². The quantitative estimate of drug-likeness (QED) is 0.624. The van der Waals surface area contributed by atoms with Gasteiger partial charge in [-0.1, -0.05) is 11.6 Å². The van der Waals surface area contributed by atoms with Crippen molar-refractivity contribution in [1.82, 2.24) is 10.2 Å². The van der Waals surface area contributed by atoms with Gasteiger partial charge in [-0.2, -0.15) is 0 Å². The third-order valence-corrected chi connectivity index (χ3v) is 3.86. The summed E-state index contributed by atoms with van der Waals surface area (Å²) < 4.78 is 4.95. The van der Waals surface area contributed by atoms with Gasteiger partial charge in [-0.05, 0) is 24.5 Å². The lowest BCUT2D eigenvalue weighted by Gasteiger charge is -2.16. The van der Waals surface area contributed by atoms with Crippen molar-refractivity contribution >= 4 is 41.1 Å². The van der Waals surface area contributed by atoms with E-state index in [4.69, 9.17) is 16.3 Å². The Morgan fingerprint density at radius 2 is 2.05 bits per heavy atom. The average molecular weight is 345 g/mol. The molecule has 0 bridgehead atoms. The molecule has 1 aromatic carbocycles. The predicted molar refractivity (Wildman–Crippen MR) is 85.2 cm³/mol. The van der Waals surface area contributed by atoms with Crippen molar-refractivity contribution in [2.24, 2.45) is 0 Å². The minimum atomic E-state index is -0.678. The van der Waals surface area contributed by atoms with Gasteiger partial charge in [0.05, 0.1) is 17.1 Å². The zero-order chi connectivity index (χ0) is 16.7. The summed E-state index contributed by atoms with van der Waals surface area (Å²) in [5.74, 6) is -1.46. The summed E-state index contributed by atoms with van der Waals surface area (Å²) >= 11 is 7.42. The lowest BCUT2D eigenvalue weighted by molar-refractivity contribution is -0.137. The maximum absolute atomic E-state index is 12.0. The van der Waals surface area contributed by atoms with Crippen molar-refractivity contribution in [3.05, 3.63) is 28.8 Å². The molecule has 0 saturated heterocycles. The van der Waals surface area contributed by atoms with Crippen molar-refractivity contribution in [3.8, 4) is 0 Å². The number of likely N-dealkylation sites (N-methyl/N-ethyl adjacent to an activating group) is 2. The number of benzene rings is 1. The van der Waals surface area contributed by atoms with E-state index in [1.54, 1.807) is 18.2 Å². The molecule has 0 fully saturated rings. The summed E-state index contributed by atoms with van der Waals surface area (Å²) in [5.41, 5.74) is 0.204. The standard InChI is InChI=1S/C14H17ClN2O4S/c1-16-12(18)7-17(2)13(19)8-21-14(20)10-6-9(22-3)4-5-11(10)15/h4-6H,7-8H2,1-3H3,(H,16,18). The molecule has 0 aliphatic rings. The molecule has 0 saturated carbocycles. The smallest absolute Gasteiger partial charge is 0.340 e. The lowest BCUT2D eigenvalue weighted by atomic mass is 10.2. The van der Waals surface area contributed by atoms with Crippen molar-refractivity contribution < 1.29 is 19.1 Å². The number of nitrogens with zero attached hydrogens (tertiary/aromatic N) is 1. The first-order chi connectivity index (χ1) is 10.4. The van der Waals surface area contributed by atoms with Crippen molar-refractivity contribution in [1.29, 1.82) is 0 Å². The van der Waals surface area contributed by atoms with E-state index in [-0.39, 0.29) is 23.0 Å². The second-order valence-corrected chi connectivity index (χ2v) is 5.63. The minimum absolute atomic E-state index is 0.102. The number of esters is 1. The van der Waals surface area contributed by atoms with E-state index >= 15 is 0 Å². The van der Waals surface area contributed by atoms with Crippen LogP contribution >= 0.6 is 23.4 Å². The van der Waals surface area contributed by atoms with Crippen molar-refractivity contribution in [3.63, 3.8) is 0 Å². The summed E-state index contributed by atoms with van der Waals surface area (Å²) in [7, 11) is 2.92. The molecule has 0 aliphatic carbocycles. The fourth-order valence-electron chi connectivity index (χ4n) is 1.49. The van der Waals surface area contributed by atoms with E-state index < -0.39 is 18.5 Å². The fraction of sp³-hybridized carbons (Fsp3) is 0.357. The zero-order valence-electron chi connectivity index (χ0n) is 12.5. The molecule has 0 aliphatic heterocycles. The highest BCUT2D eigenvalue weighted by Gasteiger charge is 2.17. The molecule has 2 amide bonds. The maximum atomic E-state index is 12.0. The van der Waals surface area contributed by atoms with Crippen molar-refractivity contribution in [2.45, 2.75) is 4.90 Å². The number of carbonyl (C=O) groups is 3. The Labute approximate surface area is 138 Å². The number of hydrogen-bond donors (Lipinski definition) is 1. The van der Waals surface area contributed by atoms with Gasteiger partial charge in [0.25, 0.3) is 5.91 Å². The van der Waals surface area contributed by atoms with Crippen LogP contribution in [-0.4, -0.2) is 56.2 Å². The van der Waals surface area contributed by atoms with Gasteiger partial charge < -0.3 is 15.0 Å². The van der Waals surface area contributed by atoms with Crippen LogP contribution in [0, 0.1) is 0 Å². The normalized spacial score (nSPS) is 10.0. The van der Waals surface area contributed by atoms with Crippen LogP contribution in [0.15, 0.2) is 23.1 Å². The number of rotatable bonds is 6. The highest BCUT2D eigenvalue weighted by Crippen LogP contribution is 2.23. The zero-order valence-corrected chi connectivity index (χ0v) is 14.1. The van der Waals surface area contributed by atoms with Gasteiger partial charge in [0, 0.05) is 19.0 Å². The molecular weight excluding hydrogens is 328 g/mol. The molecule has 8 heteroatoms. The lowest BCUT2D eigenvalue weighted by Crippen LogP contribution is -2.39. The Kier molecular flexibility index (Phi) is 7.20. The SMILES string of the molecule is CNC(=O)CN(C)C(=O)COC(=O)c1cc(SC)ccc1Cl. The number of thioether (sulfide) groups is 1. The van der Waals surface area contributed by atoms with Crippen molar-refractivity contribution in [2.75, 3.05) is 33.5 Å². The van der Waals surface area contributed by atoms with Gasteiger partial charge >= 0.3 is 5.97 Å². The summed E-state index contributed by atoms with van der Waals surface area (Å²) in [4.78, 5) is 36.9. The van der Waals surface area contributed by atoms with Crippen LogP contribution in [0.5, 0.6) is 0 Å². The van der Waals surface area contributed by atoms with Crippen LogP contribution in [0.4, 0.5) is 0 Å². The molecule has 0 heterocycles. The first kappa shape index (κ1) is 18.3. The van der Waals surface area contributed by atoms with E-state index in [0.29, 0.717) is 0 Å². The molecule has 1 aromatic rings. The van der Waals surface area contributed by atoms with Crippen LogP contribution in [0.25, 0.3) is 0 Å². The van der Waals surface area contributed by atoms with Gasteiger partial charge in [-0.15, -0.1) is 11.8 Å². The van der Waals surface area contributed by atoms with E-state index in [2.05, 4.69) is 5.32 Å². The number of nitrogens with one attached hydrogen (secondary N) is 1. The first-order valence-electron chi connectivity index (χ1n) is 6.34. The van der Waals surface area contributed by atoms with Gasteiger partial charge in [0.15, 0.2) is 6.61 Å². The molecule has 120 valence electrons. The molecule has 0 aromatic heterocycles. The number of amides is 2. The Hall–Kier alpha value is -1.73. The summed E-state index contributed by atoms with van der Waals surface area (Å²) in [5, 5.41) is 2.66. The Morgan fingerprint density at radius 1 is 1.36 bits per heavy atom. The molecule has 6 nitrogen and oxygen atoms in total. The topological polar surface area (TPSA) is 75.7 Å². The third-order valence-electron chi connectivity index (χ3n) is 2.81. The first-order valence-corrected chi connectivity index (χ1v) is 7.94. The van der Waals surface area contributed by atoms with Crippen LogP contribution < -0.4 is 5.32 Å². The Balaban J connectivity index is 2.62. The maximum Gasteiger partial charge on any atom is 0.340 e. The molecule has 1 N–H and O–H groups in total. The fourth-order valence-corrected chi connectivity index (χ4v) is 2.12. The molecule has 22 heavy (non-hydrogen) atoms. The van der Waals surface area contributed by atoms with Gasteiger partial charge in [-0.3, -0.25) is 9.59 Å². The molecule has 0 radical (unpaired) electrons. The molecular formula is C14H17ClN2O4S. The monoisotopic (exact) mass is 344 g/mol. The minimum Gasteiger partial charge on any atom is -0.452 e. The van der Waals surface area contributed by atoms with Crippen LogP contribution in [0.3, 0.4) is 0 Å². The Morgan fingerprint density at radius 3 is 2.64 bits per heavy atom. The third kappa shape index (κ3) is 5.23. The summed E-state index contributed by atoms with van der Waals surface area (Å²) in [6.45, 7) is -0.554. The van der Waals surface area contributed by atoms with E-state index in [9.17, 15) is 14.4 Å². The average Bonchev–Trinajstić information content (AvgIpc) is 2.52. The summed E-state index contributed by atoms with van der Waals surface area (Å²) in [6, 6.07) is 4.99. The number of carbonyl (C=O) groups excluding carboxylic acids is 3. The number of halogens is 1. The number of hydrogen-bond acceptors (Lipinski definition) is 5. The molecule has 0 spiro atoms. The summed E-state index contributed by atoms with van der Waals surface area (Å²) in [6.07, 6.45) is 1.87. The second-order valence-electron chi connectivity index (χ2n) is 4.34. The van der Waals surface area contributed by atoms with Crippen LogP contribution in [0.2, 0.25) is 5.02 Å². The highest BCUT2D eigenvalue weighted by molar-refractivity contribution is 7.98. The van der Waals surface area contributed by atoms with Crippen LogP contribution in [0.1, 0.15) is 10.4 Å². The van der Waals surface area contributed by atoms with E-state index in [1.807, 2.05) is 6.26 Å². The predicted octanol–water partition coefficient (Wildman–Crippen LogP) is 1.42. The number of ether oxygens (including phenoxy) is 1. The Bertz CT molecular complexity index is 580. The second kappa shape index (κ2) is 8.65. The largest absolute Gasteiger partial charge is 0.452 e. The molecule has 0 atom stereocenters. The van der Waals surface area contributed by atoms with E-state index in [0.717, 1.165) is 4.90 Å². The van der Waals surface area contributed by atoms with E-state index in [1.165, 1.54) is 30.8 Å². The molecule has 1 rings (SSSR count). The van der Waals surface area contributed by atoms with Gasteiger partial charge in [-0.25, -0.2) is 4.79 Å².